The largest absolute Gasteiger partial charge is 0.443 e. The van der Waals surface area contributed by atoms with E-state index in [2.05, 4.69) is 0 Å². The molecule has 5 heteroatoms. The van der Waals surface area contributed by atoms with Crippen molar-refractivity contribution in [3.8, 4) is 0 Å². The number of hydrogen-bond acceptors (Lipinski definition) is 4. The number of aryl methyl sites for hydroxylation is 1. The molecule has 0 fully saturated rings. The van der Waals surface area contributed by atoms with E-state index in [0.717, 1.165) is 10.5 Å². The van der Waals surface area contributed by atoms with E-state index < -0.39 is 23.4 Å². The summed E-state index contributed by atoms with van der Waals surface area (Å²) < 4.78 is 11.0. The summed E-state index contributed by atoms with van der Waals surface area (Å²) in [5, 5.41) is 0. The fourth-order valence-electron chi connectivity index (χ4n) is 1.79. The third-order valence-electron chi connectivity index (χ3n) is 4.15. The predicted octanol–water partition coefficient (Wildman–Crippen LogP) is 5.45. The lowest BCUT2D eigenvalue weighted by atomic mass is 10.1. The number of hydrogen-bond donors (Lipinski definition) is 0. The van der Waals surface area contributed by atoms with Crippen molar-refractivity contribution in [1.29, 1.82) is 0 Å². The molecule has 0 aliphatic heterocycles. The zero-order valence-corrected chi connectivity index (χ0v) is 15.8. The van der Waals surface area contributed by atoms with Gasteiger partial charge < -0.3 is 9.47 Å². The lowest BCUT2D eigenvalue weighted by molar-refractivity contribution is 0.0271. The minimum Gasteiger partial charge on any atom is -0.443 e. The van der Waals surface area contributed by atoms with Crippen LogP contribution in [0.3, 0.4) is 0 Å². The third-order valence-corrected chi connectivity index (χ3v) is 4.15. The number of carbonyl (C=O) groups is 2. The summed E-state index contributed by atoms with van der Waals surface area (Å²) in [7, 11) is 0. The first-order chi connectivity index (χ1) is 11.0. The summed E-state index contributed by atoms with van der Waals surface area (Å²) in [5.41, 5.74) is -0.0849. The van der Waals surface area contributed by atoms with Crippen molar-refractivity contribution >= 4 is 17.9 Å². The number of imide groups is 1. The zero-order valence-electron chi connectivity index (χ0n) is 15.8. The standard InChI is InChI=1S/C19H29NO4/c1-8-18(4,5)23-16(21)20(15-13-11-10-12-14(15)3)17(22)24-19(6,7)9-2/h10-13H,8-9H2,1-7H3. The first-order valence-corrected chi connectivity index (χ1v) is 8.34. The van der Waals surface area contributed by atoms with Gasteiger partial charge in [-0.05, 0) is 59.1 Å². The average Bonchev–Trinajstić information content (AvgIpc) is 2.48. The van der Waals surface area contributed by atoms with E-state index >= 15 is 0 Å². The zero-order chi connectivity index (χ0) is 18.5. The van der Waals surface area contributed by atoms with E-state index in [1.54, 1.807) is 12.1 Å². The summed E-state index contributed by atoms with van der Waals surface area (Å²) in [6.07, 6.45) is -0.188. The first-order valence-electron chi connectivity index (χ1n) is 8.34. The topological polar surface area (TPSA) is 55.8 Å². The lowest BCUT2D eigenvalue weighted by Crippen LogP contribution is -2.45. The third kappa shape index (κ3) is 5.25. The molecule has 24 heavy (non-hydrogen) atoms. The van der Waals surface area contributed by atoms with Crippen LogP contribution in [0.15, 0.2) is 24.3 Å². The van der Waals surface area contributed by atoms with Crippen molar-refractivity contribution in [2.75, 3.05) is 4.90 Å². The first kappa shape index (κ1) is 20.0. The van der Waals surface area contributed by atoms with Crippen molar-refractivity contribution < 1.29 is 19.1 Å². The second-order valence-corrected chi connectivity index (χ2v) is 7.08. The Morgan fingerprint density at radius 3 is 1.71 bits per heavy atom. The van der Waals surface area contributed by atoms with Crippen LogP contribution in [0.2, 0.25) is 0 Å². The number of rotatable bonds is 5. The van der Waals surface area contributed by atoms with Gasteiger partial charge in [0.05, 0.1) is 5.69 Å². The molecule has 0 bridgehead atoms. The number of amides is 2. The SMILES string of the molecule is CCC(C)(C)OC(=O)N(C(=O)OC(C)(C)CC)c1ccccc1C. The Balaban J connectivity index is 3.20. The van der Waals surface area contributed by atoms with Gasteiger partial charge in [0.25, 0.3) is 0 Å². The molecule has 0 atom stereocenters. The van der Waals surface area contributed by atoms with Gasteiger partial charge in [-0.3, -0.25) is 0 Å². The summed E-state index contributed by atoms with van der Waals surface area (Å²) in [6.45, 7) is 12.9. The highest BCUT2D eigenvalue weighted by atomic mass is 16.6. The highest BCUT2D eigenvalue weighted by Crippen LogP contribution is 2.26. The van der Waals surface area contributed by atoms with Crippen molar-refractivity contribution in [2.45, 2.75) is 72.5 Å². The molecule has 0 radical (unpaired) electrons. The van der Waals surface area contributed by atoms with Crippen LogP contribution < -0.4 is 4.90 Å². The smallest absolute Gasteiger partial charge is 0.424 e. The van der Waals surface area contributed by atoms with Crippen molar-refractivity contribution in [2.24, 2.45) is 0 Å². The van der Waals surface area contributed by atoms with E-state index in [4.69, 9.17) is 9.47 Å². The lowest BCUT2D eigenvalue weighted by Gasteiger charge is -2.31. The van der Waals surface area contributed by atoms with E-state index in [9.17, 15) is 9.59 Å². The van der Waals surface area contributed by atoms with Crippen LogP contribution in [0.4, 0.5) is 15.3 Å². The van der Waals surface area contributed by atoms with Gasteiger partial charge in [0.2, 0.25) is 0 Å². The molecule has 0 heterocycles. The van der Waals surface area contributed by atoms with Crippen molar-refractivity contribution in [3.05, 3.63) is 29.8 Å². The van der Waals surface area contributed by atoms with Crippen LogP contribution in [-0.4, -0.2) is 23.4 Å². The van der Waals surface area contributed by atoms with Gasteiger partial charge in [-0.15, -0.1) is 0 Å². The normalized spacial score (nSPS) is 11.8. The molecule has 2 amide bonds. The van der Waals surface area contributed by atoms with Gasteiger partial charge >= 0.3 is 12.2 Å². The van der Waals surface area contributed by atoms with Crippen LogP contribution in [-0.2, 0) is 9.47 Å². The van der Waals surface area contributed by atoms with E-state index in [-0.39, 0.29) is 0 Å². The fourth-order valence-corrected chi connectivity index (χ4v) is 1.79. The molecule has 0 unspecified atom stereocenters. The second-order valence-electron chi connectivity index (χ2n) is 7.08. The van der Waals surface area contributed by atoms with Gasteiger partial charge in [0, 0.05) is 0 Å². The Hall–Kier alpha value is -2.04. The Morgan fingerprint density at radius 1 is 0.917 bits per heavy atom. The number of anilines is 1. The summed E-state index contributed by atoms with van der Waals surface area (Å²) in [5.74, 6) is 0. The molecule has 0 aromatic heterocycles. The van der Waals surface area contributed by atoms with E-state index in [0.29, 0.717) is 18.5 Å². The molecule has 1 rings (SSSR count). The Morgan fingerprint density at radius 2 is 1.33 bits per heavy atom. The number of ether oxygens (including phenoxy) is 2. The molecule has 0 aliphatic rings. The van der Waals surface area contributed by atoms with Gasteiger partial charge in [-0.1, -0.05) is 32.0 Å². The van der Waals surface area contributed by atoms with E-state index in [1.807, 2.05) is 60.6 Å². The van der Waals surface area contributed by atoms with Gasteiger partial charge in [0.1, 0.15) is 11.2 Å². The van der Waals surface area contributed by atoms with Crippen LogP contribution >= 0.6 is 0 Å². The number of para-hydroxylation sites is 1. The predicted molar refractivity (Wildman–Crippen MR) is 95.4 cm³/mol. The molecule has 0 aliphatic carbocycles. The van der Waals surface area contributed by atoms with Gasteiger partial charge in [0.15, 0.2) is 0 Å². The quantitative estimate of drug-likeness (QED) is 0.717. The highest BCUT2D eigenvalue weighted by molar-refractivity contribution is 6.10. The maximum atomic E-state index is 12.7. The molecule has 0 saturated heterocycles. The van der Waals surface area contributed by atoms with Crippen LogP contribution in [0.25, 0.3) is 0 Å². The second kappa shape index (κ2) is 7.69. The maximum Gasteiger partial charge on any atom is 0.424 e. The summed E-state index contributed by atoms with van der Waals surface area (Å²) in [6, 6.07) is 7.15. The Bertz CT molecular complexity index is 563. The minimum absolute atomic E-state index is 0.464. The van der Waals surface area contributed by atoms with Crippen LogP contribution in [0.1, 0.15) is 59.9 Å². The minimum atomic E-state index is -0.729. The van der Waals surface area contributed by atoms with Gasteiger partial charge in [-0.25, -0.2) is 9.59 Å². The number of carbonyl (C=O) groups excluding carboxylic acids is 2. The number of benzene rings is 1. The molecule has 5 nitrogen and oxygen atoms in total. The summed E-state index contributed by atoms with van der Waals surface area (Å²) in [4.78, 5) is 26.4. The fraction of sp³-hybridized carbons (Fsp3) is 0.579. The van der Waals surface area contributed by atoms with Gasteiger partial charge in [-0.2, -0.15) is 4.90 Å². The molecule has 0 spiro atoms. The molecule has 1 aromatic rings. The molecular formula is C19H29NO4. The monoisotopic (exact) mass is 335 g/mol. The Labute approximate surface area is 144 Å². The molecular weight excluding hydrogens is 306 g/mol. The molecule has 134 valence electrons. The van der Waals surface area contributed by atoms with Crippen LogP contribution in [0, 0.1) is 6.92 Å². The van der Waals surface area contributed by atoms with Crippen molar-refractivity contribution in [1.82, 2.24) is 0 Å². The molecule has 1 aromatic carbocycles. The maximum absolute atomic E-state index is 12.7. The number of nitrogens with zero attached hydrogens (tertiary/aromatic N) is 1. The van der Waals surface area contributed by atoms with Crippen molar-refractivity contribution in [3.63, 3.8) is 0 Å². The molecule has 0 N–H and O–H groups in total. The molecule has 0 saturated carbocycles. The highest BCUT2D eigenvalue weighted by Gasteiger charge is 2.34. The van der Waals surface area contributed by atoms with Crippen LogP contribution in [0.5, 0.6) is 0 Å². The Kier molecular flexibility index (Phi) is 6.41. The van der Waals surface area contributed by atoms with E-state index in [1.165, 1.54) is 0 Å². The average molecular weight is 335 g/mol. The summed E-state index contributed by atoms with van der Waals surface area (Å²) >= 11 is 0.